The molecule has 0 saturated carbocycles. The van der Waals surface area contributed by atoms with Crippen LogP contribution in [0.5, 0.6) is 0 Å². The van der Waals surface area contributed by atoms with Gasteiger partial charge in [0, 0.05) is 29.9 Å². The smallest absolute Gasteiger partial charge is 0.224 e. The van der Waals surface area contributed by atoms with Crippen LogP contribution in [0.2, 0.25) is 0 Å². The van der Waals surface area contributed by atoms with Crippen molar-refractivity contribution in [2.75, 3.05) is 17.7 Å². The van der Waals surface area contributed by atoms with E-state index < -0.39 is 0 Å². The van der Waals surface area contributed by atoms with Gasteiger partial charge in [-0.15, -0.1) is 11.3 Å². The van der Waals surface area contributed by atoms with E-state index in [4.69, 9.17) is 0 Å². The van der Waals surface area contributed by atoms with E-state index in [0.717, 1.165) is 22.9 Å². The molecule has 0 aliphatic rings. The molecule has 2 aromatic rings. The van der Waals surface area contributed by atoms with Crippen LogP contribution in [-0.4, -0.2) is 22.0 Å². The predicted octanol–water partition coefficient (Wildman–Crippen LogP) is 2.46. The number of nitrogens with one attached hydrogen (secondary N) is 2. The Labute approximate surface area is 111 Å². The lowest BCUT2D eigenvalue weighted by molar-refractivity contribution is 1.04. The number of rotatable bonds is 5. The van der Waals surface area contributed by atoms with Gasteiger partial charge in [-0.3, -0.25) is 0 Å². The van der Waals surface area contributed by atoms with Crippen molar-refractivity contribution >= 4 is 23.1 Å². The molecule has 2 heterocycles. The van der Waals surface area contributed by atoms with E-state index >= 15 is 0 Å². The number of hydrogen-bond donors (Lipinski definition) is 2. The fourth-order valence-corrected chi connectivity index (χ4v) is 2.33. The summed E-state index contributed by atoms with van der Waals surface area (Å²) >= 11 is 1.73. The molecule has 5 nitrogen and oxygen atoms in total. The second-order valence-electron chi connectivity index (χ2n) is 3.90. The summed E-state index contributed by atoms with van der Waals surface area (Å²) in [5.74, 6) is 1.45. The number of aromatic nitrogens is 3. The van der Waals surface area contributed by atoms with Crippen molar-refractivity contribution in [3.8, 4) is 0 Å². The highest BCUT2D eigenvalue weighted by Gasteiger charge is 2.03. The van der Waals surface area contributed by atoms with Crippen molar-refractivity contribution < 1.29 is 0 Å². The first-order chi connectivity index (χ1) is 8.71. The summed E-state index contributed by atoms with van der Waals surface area (Å²) in [4.78, 5) is 14.3. The van der Waals surface area contributed by atoms with Gasteiger partial charge >= 0.3 is 0 Å². The molecule has 96 valence electrons. The van der Waals surface area contributed by atoms with Gasteiger partial charge in [-0.05, 0) is 13.3 Å². The van der Waals surface area contributed by atoms with Crippen molar-refractivity contribution in [3.63, 3.8) is 0 Å². The van der Waals surface area contributed by atoms with E-state index in [2.05, 4.69) is 32.5 Å². The van der Waals surface area contributed by atoms with Gasteiger partial charge in [0.2, 0.25) is 5.95 Å². The maximum Gasteiger partial charge on any atom is 0.224 e. The van der Waals surface area contributed by atoms with Crippen LogP contribution in [0.25, 0.3) is 0 Å². The average molecular weight is 263 g/mol. The Morgan fingerprint density at radius 3 is 2.83 bits per heavy atom. The summed E-state index contributed by atoms with van der Waals surface area (Å²) in [6, 6.07) is 1.93. The van der Waals surface area contributed by atoms with Crippen LogP contribution in [0.1, 0.15) is 22.5 Å². The van der Waals surface area contributed by atoms with Crippen LogP contribution in [0.15, 0.2) is 12.3 Å². The van der Waals surface area contributed by atoms with Crippen LogP contribution in [0, 0.1) is 6.92 Å². The van der Waals surface area contributed by atoms with E-state index in [0.29, 0.717) is 12.5 Å². The van der Waals surface area contributed by atoms with Gasteiger partial charge in [-0.1, -0.05) is 6.92 Å². The lowest BCUT2D eigenvalue weighted by Gasteiger charge is -2.06. The molecule has 0 radical (unpaired) electrons. The SMILES string of the molecule is CCc1cnc(CNc2cc(C)nc(NC)n2)s1. The number of hydrogen-bond acceptors (Lipinski definition) is 6. The molecule has 0 aliphatic heterocycles. The molecule has 2 aromatic heterocycles. The Morgan fingerprint density at radius 2 is 2.17 bits per heavy atom. The Morgan fingerprint density at radius 1 is 1.33 bits per heavy atom. The third-order valence-corrected chi connectivity index (χ3v) is 3.59. The van der Waals surface area contributed by atoms with Gasteiger partial charge in [0.25, 0.3) is 0 Å². The molecule has 0 atom stereocenters. The summed E-state index contributed by atoms with van der Waals surface area (Å²) in [6.45, 7) is 4.79. The summed E-state index contributed by atoms with van der Waals surface area (Å²) < 4.78 is 0. The fourth-order valence-electron chi connectivity index (χ4n) is 1.53. The molecule has 0 amide bonds. The summed E-state index contributed by atoms with van der Waals surface area (Å²) in [5.41, 5.74) is 0.935. The van der Waals surface area contributed by atoms with Gasteiger partial charge in [0.05, 0.1) is 6.54 Å². The first-order valence-electron chi connectivity index (χ1n) is 5.92. The van der Waals surface area contributed by atoms with Gasteiger partial charge < -0.3 is 10.6 Å². The zero-order chi connectivity index (χ0) is 13.0. The van der Waals surface area contributed by atoms with Gasteiger partial charge in [-0.25, -0.2) is 9.97 Å². The topological polar surface area (TPSA) is 62.7 Å². The predicted molar refractivity (Wildman–Crippen MR) is 75.1 cm³/mol. The summed E-state index contributed by atoms with van der Waals surface area (Å²) in [7, 11) is 1.81. The first kappa shape index (κ1) is 12.8. The number of anilines is 2. The molecule has 2 N–H and O–H groups in total. The third kappa shape index (κ3) is 3.16. The van der Waals surface area contributed by atoms with Crippen molar-refractivity contribution in [3.05, 3.63) is 27.8 Å². The first-order valence-corrected chi connectivity index (χ1v) is 6.73. The van der Waals surface area contributed by atoms with E-state index in [9.17, 15) is 0 Å². The molecule has 18 heavy (non-hydrogen) atoms. The highest BCUT2D eigenvalue weighted by atomic mass is 32.1. The Hall–Kier alpha value is -1.69. The fraction of sp³-hybridized carbons (Fsp3) is 0.417. The van der Waals surface area contributed by atoms with Crippen molar-refractivity contribution in [2.24, 2.45) is 0 Å². The normalized spacial score (nSPS) is 10.4. The average Bonchev–Trinajstić information content (AvgIpc) is 2.83. The zero-order valence-electron chi connectivity index (χ0n) is 10.8. The van der Waals surface area contributed by atoms with Crippen LogP contribution in [-0.2, 0) is 13.0 Å². The van der Waals surface area contributed by atoms with E-state index in [1.165, 1.54) is 4.88 Å². The Bertz CT molecular complexity index is 523. The molecule has 0 fully saturated rings. The molecule has 0 spiro atoms. The lowest BCUT2D eigenvalue weighted by atomic mass is 10.4. The van der Waals surface area contributed by atoms with Crippen molar-refractivity contribution in [2.45, 2.75) is 26.8 Å². The second kappa shape index (κ2) is 5.77. The number of thiazole rings is 1. The van der Waals surface area contributed by atoms with Crippen LogP contribution < -0.4 is 10.6 Å². The largest absolute Gasteiger partial charge is 0.363 e. The summed E-state index contributed by atoms with van der Waals surface area (Å²) in [6.07, 6.45) is 2.97. The zero-order valence-corrected chi connectivity index (χ0v) is 11.6. The molecule has 2 rings (SSSR count). The van der Waals surface area contributed by atoms with Crippen LogP contribution in [0.4, 0.5) is 11.8 Å². The quantitative estimate of drug-likeness (QED) is 0.867. The molecule has 0 unspecified atom stereocenters. The van der Waals surface area contributed by atoms with Crippen molar-refractivity contribution in [1.82, 2.24) is 15.0 Å². The third-order valence-electron chi connectivity index (χ3n) is 2.45. The van der Waals surface area contributed by atoms with Crippen LogP contribution >= 0.6 is 11.3 Å². The molecular formula is C12H17N5S. The maximum absolute atomic E-state index is 4.36. The minimum Gasteiger partial charge on any atom is -0.363 e. The Balaban J connectivity index is 2.03. The minimum atomic E-state index is 0.630. The van der Waals surface area contributed by atoms with Gasteiger partial charge in [0.1, 0.15) is 10.8 Å². The molecule has 0 bridgehead atoms. The van der Waals surface area contributed by atoms with Crippen LogP contribution in [0.3, 0.4) is 0 Å². The molecule has 0 saturated heterocycles. The molecular weight excluding hydrogens is 246 g/mol. The van der Waals surface area contributed by atoms with Gasteiger partial charge in [-0.2, -0.15) is 4.98 Å². The highest BCUT2D eigenvalue weighted by molar-refractivity contribution is 7.11. The van der Waals surface area contributed by atoms with E-state index in [-0.39, 0.29) is 0 Å². The molecule has 6 heteroatoms. The monoisotopic (exact) mass is 263 g/mol. The highest BCUT2D eigenvalue weighted by Crippen LogP contribution is 2.15. The maximum atomic E-state index is 4.36. The van der Waals surface area contributed by atoms with Gasteiger partial charge in [0.15, 0.2) is 0 Å². The molecule has 0 aliphatic carbocycles. The van der Waals surface area contributed by atoms with Crippen molar-refractivity contribution in [1.29, 1.82) is 0 Å². The second-order valence-corrected chi connectivity index (χ2v) is 5.10. The number of aryl methyl sites for hydroxylation is 2. The van der Waals surface area contributed by atoms with E-state index in [1.54, 1.807) is 11.3 Å². The standard InChI is InChI=1S/C12H17N5S/c1-4-9-6-15-11(18-9)7-14-10-5-8(2)16-12(13-3)17-10/h5-6H,4,7H2,1-3H3,(H2,13,14,16,17). The minimum absolute atomic E-state index is 0.630. The Kier molecular flexibility index (Phi) is 4.09. The molecule has 0 aromatic carbocycles. The lowest BCUT2D eigenvalue weighted by Crippen LogP contribution is -2.05. The summed E-state index contributed by atoms with van der Waals surface area (Å²) in [5, 5.41) is 7.29. The van der Waals surface area contributed by atoms with E-state index in [1.807, 2.05) is 26.2 Å². The number of nitrogens with zero attached hydrogens (tertiary/aromatic N) is 3.